The molecule has 3 aromatic heterocycles. The molecule has 3 aromatic carbocycles. The van der Waals surface area contributed by atoms with Gasteiger partial charge in [-0.15, -0.1) is 0 Å². The van der Waals surface area contributed by atoms with E-state index in [-0.39, 0.29) is 47.0 Å². The molecule has 3 saturated heterocycles. The van der Waals surface area contributed by atoms with Gasteiger partial charge in [0.1, 0.15) is 6.10 Å². The molecule has 15 atom stereocenters. The zero-order valence-corrected chi connectivity index (χ0v) is 49.9. The van der Waals surface area contributed by atoms with Crippen LogP contribution in [0.25, 0.3) is 51.6 Å². The average molecular weight is 1150 g/mol. The number of ether oxygens (including phenoxy) is 1. The molecular formula is C71H74N8O5S. The van der Waals surface area contributed by atoms with Gasteiger partial charge in [0.25, 0.3) is 0 Å². The minimum absolute atomic E-state index is 0.00303. The van der Waals surface area contributed by atoms with Crippen molar-refractivity contribution in [3.05, 3.63) is 180 Å². The van der Waals surface area contributed by atoms with Gasteiger partial charge in [0.05, 0.1) is 63.7 Å². The summed E-state index contributed by atoms with van der Waals surface area (Å²) in [7, 11) is -3.26. The molecular weight excluding hydrogens is 1080 g/mol. The smallest absolute Gasteiger partial charge is 0.306 e. The number of hydrogen-bond donors (Lipinski definition) is 2. The number of carbonyl (C=O) groups excluding carboxylic acids is 2. The Morgan fingerprint density at radius 2 is 0.929 bits per heavy atom. The van der Waals surface area contributed by atoms with Gasteiger partial charge in [-0.2, -0.15) is 15.8 Å². The Morgan fingerprint density at radius 3 is 1.39 bits per heavy atom. The molecule has 12 rings (SSSR count). The van der Waals surface area contributed by atoms with Gasteiger partial charge in [0, 0.05) is 88.7 Å². The molecule has 0 bridgehead atoms. The molecule has 13 nitrogen and oxygen atoms in total. The lowest BCUT2D eigenvalue weighted by atomic mass is 9.66. The SMILES string of the molecule is C[C@H]1[C@H](/C=C/c2ccc(-c3ccccc3C#N)cn2)[C@@H]2NC(=O)C[C@@H]2C[C@@H]1C.C[C@H]1[C@H](/C=C/c2ccc(-c3ccccc3C#N)cn2)[C@@H]2OC(=O)C[C@@H]2C[C@@H]1C.C[C@H]1[C@H](/C=C/c2ccc(-c3ccccc3C#N)cn2)[C@H]2[C@H](CNS2(=O)=O)C[C@@H]1C. The van der Waals surface area contributed by atoms with E-state index in [1.807, 2.05) is 128 Å². The number of allylic oxidation sites excluding steroid dienone is 1. The van der Waals surface area contributed by atoms with Gasteiger partial charge in [-0.1, -0.05) is 133 Å². The summed E-state index contributed by atoms with van der Waals surface area (Å²) in [6.45, 7) is 14.0. The van der Waals surface area contributed by atoms with Gasteiger partial charge >= 0.3 is 5.97 Å². The molecule has 85 heavy (non-hydrogen) atoms. The number of hydrogen-bond acceptors (Lipinski definition) is 11. The van der Waals surface area contributed by atoms with E-state index in [4.69, 9.17) is 4.74 Å². The van der Waals surface area contributed by atoms with Crippen LogP contribution in [0.1, 0.15) is 107 Å². The maximum absolute atomic E-state index is 12.5. The van der Waals surface area contributed by atoms with Crippen LogP contribution >= 0.6 is 0 Å². The summed E-state index contributed by atoms with van der Waals surface area (Å²) in [6, 6.07) is 41.3. The summed E-state index contributed by atoms with van der Waals surface area (Å²) in [6.07, 6.45) is 22.2. The second-order valence-corrected chi connectivity index (χ2v) is 26.4. The second kappa shape index (κ2) is 26.3. The van der Waals surface area contributed by atoms with Crippen molar-refractivity contribution in [1.29, 1.82) is 15.8 Å². The molecule has 6 heterocycles. The number of pyridine rings is 3. The van der Waals surface area contributed by atoms with Crippen molar-refractivity contribution in [2.45, 2.75) is 91.0 Å². The fraction of sp³-hybridized carbons (Fsp3) is 0.380. The van der Waals surface area contributed by atoms with Gasteiger partial charge in [-0.25, -0.2) is 13.1 Å². The van der Waals surface area contributed by atoms with Gasteiger partial charge in [-0.3, -0.25) is 24.5 Å². The first kappa shape index (κ1) is 59.8. The van der Waals surface area contributed by atoms with E-state index >= 15 is 0 Å². The van der Waals surface area contributed by atoms with Crippen LogP contribution < -0.4 is 10.0 Å². The number of nitrogens with one attached hydrogen (secondary N) is 2. The highest BCUT2D eigenvalue weighted by Gasteiger charge is 2.51. The molecule has 6 aliphatic rings. The normalized spacial score (nSPS) is 29.8. The molecule has 0 unspecified atom stereocenters. The first-order chi connectivity index (χ1) is 41.0. The van der Waals surface area contributed by atoms with Gasteiger partial charge in [0.15, 0.2) is 0 Å². The van der Waals surface area contributed by atoms with Crippen molar-refractivity contribution in [1.82, 2.24) is 25.0 Å². The van der Waals surface area contributed by atoms with Gasteiger partial charge in [-0.05, 0) is 127 Å². The molecule has 6 aromatic rings. The highest BCUT2D eigenvalue weighted by molar-refractivity contribution is 7.90. The first-order valence-electron chi connectivity index (χ1n) is 29.9. The number of amides is 1. The topological polar surface area (TPSA) is 212 Å². The van der Waals surface area contributed by atoms with E-state index in [0.29, 0.717) is 89.3 Å². The van der Waals surface area contributed by atoms with Crippen LogP contribution in [0.2, 0.25) is 0 Å². The molecule has 14 heteroatoms. The Balaban J connectivity index is 0.000000142. The monoisotopic (exact) mass is 1150 g/mol. The summed E-state index contributed by atoms with van der Waals surface area (Å²) < 4.78 is 33.5. The highest BCUT2D eigenvalue weighted by atomic mass is 32.2. The van der Waals surface area contributed by atoms with Crippen LogP contribution in [-0.2, 0) is 24.3 Å². The average Bonchev–Trinajstić information content (AvgIpc) is 2.26. The molecule has 3 saturated carbocycles. The van der Waals surface area contributed by atoms with Crippen molar-refractivity contribution in [2.75, 3.05) is 6.54 Å². The Labute approximate surface area is 501 Å². The van der Waals surface area contributed by atoms with E-state index < -0.39 is 10.0 Å². The van der Waals surface area contributed by atoms with Crippen molar-refractivity contribution in [3.63, 3.8) is 0 Å². The molecule has 2 N–H and O–H groups in total. The van der Waals surface area contributed by atoms with Crippen LogP contribution in [0.3, 0.4) is 0 Å². The lowest BCUT2D eigenvalue weighted by Gasteiger charge is -2.40. The fourth-order valence-electron chi connectivity index (χ4n) is 14.2. The van der Waals surface area contributed by atoms with E-state index in [9.17, 15) is 33.8 Å². The maximum atomic E-state index is 12.5. The highest BCUT2D eigenvalue weighted by Crippen LogP contribution is 2.47. The number of benzene rings is 3. The van der Waals surface area contributed by atoms with E-state index in [2.05, 4.69) is 103 Å². The third-order valence-corrected chi connectivity index (χ3v) is 21.4. The standard InChI is InChI=1S/C24H25N3O.C24H24N2O2.C23H25N3O2S/c1-15-11-19-12-23(28)27-24(19)21(16(15)2)10-9-20-8-7-18(14-26-20)22-6-4-3-5-17(22)13-25;1-15-11-19-12-23(27)28-24(19)21(16(15)2)10-9-20-8-7-18(14-26-20)22-6-4-3-5-17(22)13-25;1-15-11-19-14-26-29(27,28)23(19)21(16(15)2)10-9-20-8-7-18(13-25-20)22-6-4-3-5-17(22)12-24/h3-10,14-16,19,21,24H,11-12H2,1-2H3,(H,27,28);3-10,14-16,19,21,24H,11-12H2,1-2H3;3-10,13,15-16,19,21,23,26H,11,14H2,1-2H3/b3*10-9+/t2*15-,16+,19-,21-,24+;15-,16+,19-,21-,23+/m000/s1. The molecule has 3 aliphatic carbocycles. The fourth-order valence-corrected chi connectivity index (χ4v) is 16.3. The Morgan fingerprint density at radius 1 is 0.518 bits per heavy atom. The minimum atomic E-state index is -3.26. The number of esters is 1. The first-order valence-corrected chi connectivity index (χ1v) is 31.5. The van der Waals surface area contributed by atoms with Crippen molar-refractivity contribution < 1.29 is 22.7 Å². The van der Waals surface area contributed by atoms with Crippen molar-refractivity contribution >= 4 is 40.1 Å². The Hall–Kier alpha value is -8.35. The number of fused-ring (bicyclic) bond motifs is 3. The number of rotatable bonds is 9. The molecule has 0 spiro atoms. The van der Waals surface area contributed by atoms with E-state index in [0.717, 1.165) is 69.7 Å². The number of carbonyl (C=O) groups is 2. The number of sulfonamides is 1. The van der Waals surface area contributed by atoms with Crippen LogP contribution in [0, 0.1) is 105 Å². The maximum Gasteiger partial charge on any atom is 0.306 e. The van der Waals surface area contributed by atoms with Crippen LogP contribution in [0.15, 0.2) is 146 Å². The molecule has 3 aliphatic heterocycles. The van der Waals surface area contributed by atoms with Crippen LogP contribution in [-0.4, -0.2) is 59.2 Å². The molecule has 1 amide bonds. The number of nitriles is 3. The number of aromatic nitrogens is 3. The lowest BCUT2D eigenvalue weighted by Crippen LogP contribution is -2.44. The second-order valence-electron chi connectivity index (χ2n) is 24.5. The molecule has 0 radical (unpaired) electrons. The van der Waals surface area contributed by atoms with Crippen LogP contribution in [0.4, 0.5) is 0 Å². The largest absolute Gasteiger partial charge is 0.461 e. The summed E-state index contributed by atoms with van der Waals surface area (Å²) in [5.41, 5.74) is 9.88. The third kappa shape index (κ3) is 13.3. The summed E-state index contributed by atoms with van der Waals surface area (Å²) in [4.78, 5) is 37.3. The van der Waals surface area contributed by atoms with E-state index in [1.54, 1.807) is 18.5 Å². The molecule has 6 fully saturated rings. The zero-order valence-electron chi connectivity index (χ0n) is 49.1. The van der Waals surface area contributed by atoms with Crippen molar-refractivity contribution in [3.8, 4) is 51.6 Å². The quantitative estimate of drug-likeness (QED) is 0.130. The minimum Gasteiger partial charge on any atom is -0.461 e. The summed E-state index contributed by atoms with van der Waals surface area (Å²) >= 11 is 0. The predicted molar refractivity (Wildman–Crippen MR) is 332 cm³/mol. The predicted octanol–water partition coefficient (Wildman–Crippen LogP) is 13.1. The Kier molecular flexibility index (Phi) is 18.5. The van der Waals surface area contributed by atoms with Crippen LogP contribution in [0.5, 0.6) is 0 Å². The van der Waals surface area contributed by atoms with Gasteiger partial charge in [0.2, 0.25) is 15.9 Å². The lowest BCUT2D eigenvalue weighted by molar-refractivity contribution is -0.144. The molecule has 434 valence electrons. The number of nitrogens with zero attached hydrogens (tertiary/aromatic N) is 6. The third-order valence-electron chi connectivity index (χ3n) is 19.4. The summed E-state index contributed by atoms with van der Waals surface area (Å²) in [5, 5.41) is 30.7. The van der Waals surface area contributed by atoms with Crippen molar-refractivity contribution in [2.24, 2.45) is 71.0 Å². The van der Waals surface area contributed by atoms with E-state index in [1.165, 1.54) is 0 Å². The summed E-state index contributed by atoms with van der Waals surface area (Å²) in [5.74, 6) is 4.58. The Bertz CT molecular complexity index is 3570. The van der Waals surface area contributed by atoms with Gasteiger partial charge < -0.3 is 10.1 Å². The zero-order chi connectivity index (χ0) is 59.9.